The Kier molecular flexibility index (Phi) is 14.0. The molecule has 0 radical (unpaired) electrons. The summed E-state index contributed by atoms with van der Waals surface area (Å²) in [5.74, 6) is -0.698. The van der Waals surface area contributed by atoms with Crippen molar-refractivity contribution in [3.05, 3.63) is 22.3 Å². The summed E-state index contributed by atoms with van der Waals surface area (Å²) in [7, 11) is 0. The molecule has 0 aliphatic heterocycles. The van der Waals surface area contributed by atoms with Crippen molar-refractivity contribution in [2.45, 2.75) is 77.0 Å². The number of carboxylic acids is 1. The fourth-order valence-electron chi connectivity index (χ4n) is 2.16. The van der Waals surface area contributed by atoms with Crippen molar-refractivity contribution in [1.29, 1.82) is 0 Å². The molecule has 122 valence electrons. The van der Waals surface area contributed by atoms with Crippen LogP contribution < -0.4 is 0 Å². The second-order valence-corrected chi connectivity index (χ2v) is 5.43. The highest BCUT2D eigenvalue weighted by Crippen LogP contribution is 2.08. The lowest BCUT2D eigenvalue weighted by Crippen LogP contribution is -1.99. The fourth-order valence-corrected chi connectivity index (χ4v) is 2.16. The van der Waals surface area contributed by atoms with E-state index >= 15 is 0 Å². The maximum atomic E-state index is 10.3. The molecule has 21 heavy (non-hydrogen) atoms. The highest BCUT2D eigenvalue weighted by atomic mass is 16.6. The van der Waals surface area contributed by atoms with E-state index in [0.29, 0.717) is 12.8 Å². The molecule has 0 aliphatic rings. The summed E-state index contributed by atoms with van der Waals surface area (Å²) < 4.78 is 0. The number of allylic oxidation sites excluding steroid dienone is 2. The van der Waals surface area contributed by atoms with Gasteiger partial charge in [-0.05, 0) is 38.5 Å². The molecule has 0 heterocycles. The van der Waals surface area contributed by atoms with Gasteiger partial charge in [0.15, 0.2) is 0 Å². The Balaban J connectivity index is 3.12. The molecule has 0 aliphatic carbocycles. The van der Waals surface area contributed by atoms with Gasteiger partial charge in [0.25, 0.3) is 0 Å². The molecule has 0 aromatic heterocycles. The molecule has 0 fully saturated rings. The second-order valence-electron chi connectivity index (χ2n) is 5.43. The highest BCUT2D eigenvalue weighted by molar-refractivity contribution is 5.66. The predicted octanol–water partition coefficient (Wildman–Crippen LogP) is 4.59. The number of rotatable bonds is 15. The van der Waals surface area contributed by atoms with Crippen molar-refractivity contribution in [2.24, 2.45) is 0 Å². The van der Waals surface area contributed by atoms with Gasteiger partial charge in [0, 0.05) is 17.8 Å². The van der Waals surface area contributed by atoms with Crippen LogP contribution in [-0.2, 0) is 4.79 Å². The van der Waals surface area contributed by atoms with Crippen LogP contribution in [0.15, 0.2) is 12.2 Å². The van der Waals surface area contributed by atoms with E-state index < -0.39 is 5.97 Å². The molecular weight excluding hydrogens is 270 g/mol. The van der Waals surface area contributed by atoms with E-state index in [1.165, 1.54) is 12.8 Å². The van der Waals surface area contributed by atoms with Gasteiger partial charge in [-0.1, -0.05) is 37.8 Å². The Hall–Kier alpha value is -1.39. The molecule has 1 N–H and O–H groups in total. The SMILES string of the molecule is O=C(O)CCCCCCC/C=C/CCCCCC[N+](=O)[O-]. The minimum atomic E-state index is -0.698. The van der Waals surface area contributed by atoms with Crippen LogP contribution in [0.2, 0.25) is 0 Å². The second kappa shape index (κ2) is 15.0. The Morgan fingerprint density at radius 2 is 1.33 bits per heavy atom. The number of hydrogen-bond donors (Lipinski definition) is 1. The zero-order valence-corrected chi connectivity index (χ0v) is 13.0. The molecule has 0 amide bonds. The van der Waals surface area contributed by atoms with Crippen molar-refractivity contribution in [2.75, 3.05) is 6.54 Å². The van der Waals surface area contributed by atoms with Crippen LogP contribution in [0.25, 0.3) is 0 Å². The summed E-state index contributed by atoms with van der Waals surface area (Å²) >= 11 is 0. The third-order valence-electron chi connectivity index (χ3n) is 3.39. The van der Waals surface area contributed by atoms with Crippen LogP contribution in [-0.4, -0.2) is 22.5 Å². The van der Waals surface area contributed by atoms with E-state index in [1.54, 1.807) is 0 Å². The number of aliphatic carboxylic acids is 1. The number of carbonyl (C=O) groups is 1. The lowest BCUT2D eigenvalue weighted by Gasteiger charge is -1.98. The zero-order chi connectivity index (χ0) is 15.8. The molecule has 5 nitrogen and oxygen atoms in total. The topological polar surface area (TPSA) is 80.4 Å². The summed E-state index contributed by atoms with van der Waals surface area (Å²) in [6.45, 7) is 0.0995. The lowest BCUT2D eigenvalue weighted by atomic mass is 10.1. The molecule has 0 bridgehead atoms. The Labute approximate surface area is 127 Å². The molecule has 0 saturated carbocycles. The minimum absolute atomic E-state index is 0.0995. The molecule has 0 aromatic carbocycles. The van der Waals surface area contributed by atoms with Gasteiger partial charge < -0.3 is 5.11 Å². The highest BCUT2D eigenvalue weighted by Gasteiger charge is 1.96. The first kappa shape index (κ1) is 19.6. The third kappa shape index (κ3) is 18.6. The summed E-state index contributed by atoms with van der Waals surface area (Å²) in [4.78, 5) is 20.2. The standard InChI is InChI=1S/C16H29NO4/c18-16(19)14-12-10-8-6-4-2-1-3-5-7-9-11-13-15-17(20)21/h1,3H,2,4-15H2,(H,18,19)/b3-1+. The van der Waals surface area contributed by atoms with E-state index in [9.17, 15) is 14.9 Å². The molecule has 0 aromatic rings. The fraction of sp³-hybridized carbons (Fsp3) is 0.812. The van der Waals surface area contributed by atoms with Crippen molar-refractivity contribution in [1.82, 2.24) is 0 Å². The monoisotopic (exact) mass is 299 g/mol. The smallest absolute Gasteiger partial charge is 0.303 e. The summed E-state index contributed by atoms with van der Waals surface area (Å²) in [6, 6.07) is 0. The van der Waals surface area contributed by atoms with Crippen LogP contribution in [0.4, 0.5) is 0 Å². The van der Waals surface area contributed by atoms with Crippen molar-refractivity contribution in [3.63, 3.8) is 0 Å². The summed E-state index contributed by atoms with van der Waals surface area (Å²) in [5.41, 5.74) is 0. The quantitative estimate of drug-likeness (QED) is 0.208. The lowest BCUT2D eigenvalue weighted by molar-refractivity contribution is -0.480. The number of unbranched alkanes of at least 4 members (excludes halogenated alkanes) is 9. The van der Waals surface area contributed by atoms with E-state index in [1.807, 2.05) is 0 Å². The van der Waals surface area contributed by atoms with Gasteiger partial charge in [-0.25, -0.2) is 0 Å². The van der Waals surface area contributed by atoms with Crippen molar-refractivity contribution in [3.8, 4) is 0 Å². The first-order chi connectivity index (χ1) is 10.1. The van der Waals surface area contributed by atoms with Gasteiger partial charge in [-0.3, -0.25) is 14.9 Å². The number of nitrogens with zero attached hydrogens (tertiary/aromatic N) is 1. The Morgan fingerprint density at radius 3 is 1.86 bits per heavy atom. The van der Waals surface area contributed by atoms with Crippen LogP contribution in [0.3, 0.4) is 0 Å². The van der Waals surface area contributed by atoms with E-state index in [2.05, 4.69) is 12.2 Å². The first-order valence-electron chi connectivity index (χ1n) is 8.11. The van der Waals surface area contributed by atoms with Gasteiger partial charge in [-0.15, -0.1) is 0 Å². The number of nitro groups is 1. The van der Waals surface area contributed by atoms with Gasteiger partial charge in [0.2, 0.25) is 6.54 Å². The largest absolute Gasteiger partial charge is 0.481 e. The zero-order valence-electron chi connectivity index (χ0n) is 13.0. The molecule has 0 spiro atoms. The molecule has 0 rings (SSSR count). The maximum Gasteiger partial charge on any atom is 0.303 e. The third-order valence-corrected chi connectivity index (χ3v) is 3.39. The molecule has 0 atom stereocenters. The maximum absolute atomic E-state index is 10.3. The Morgan fingerprint density at radius 1 is 0.857 bits per heavy atom. The summed E-state index contributed by atoms with van der Waals surface area (Å²) in [6.07, 6.45) is 16.0. The van der Waals surface area contributed by atoms with Crippen LogP contribution in [0.5, 0.6) is 0 Å². The molecular formula is C16H29NO4. The first-order valence-corrected chi connectivity index (χ1v) is 8.11. The Bertz CT molecular complexity index is 303. The van der Waals surface area contributed by atoms with Crippen molar-refractivity contribution < 1.29 is 14.8 Å². The van der Waals surface area contributed by atoms with Crippen LogP contribution in [0.1, 0.15) is 77.0 Å². The summed E-state index contributed by atoms with van der Waals surface area (Å²) in [5, 5.41) is 18.6. The number of hydrogen-bond acceptors (Lipinski definition) is 3. The minimum Gasteiger partial charge on any atom is -0.481 e. The number of carboxylic acid groups (broad SMARTS) is 1. The van der Waals surface area contributed by atoms with E-state index in [0.717, 1.165) is 51.4 Å². The molecule has 5 heteroatoms. The average Bonchev–Trinajstić information content (AvgIpc) is 2.42. The normalized spacial score (nSPS) is 11.0. The van der Waals surface area contributed by atoms with E-state index in [4.69, 9.17) is 5.11 Å². The van der Waals surface area contributed by atoms with Crippen LogP contribution in [0, 0.1) is 10.1 Å². The van der Waals surface area contributed by atoms with Crippen LogP contribution >= 0.6 is 0 Å². The van der Waals surface area contributed by atoms with Gasteiger partial charge in [-0.2, -0.15) is 0 Å². The molecule has 0 unspecified atom stereocenters. The van der Waals surface area contributed by atoms with E-state index in [-0.39, 0.29) is 11.5 Å². The average molecular weight is 299 g/mol. The van der Waals surface area contributed by atoms with Gasteiger partial charge in [0.1, 0.15) is 0 Å². The van der Waals surface area contributed by atoms with Gasteiger partial charge >= 0.3 is 5.97 Å². The van der Waals surface area contributed by atoms with Crippen molar-refractivity contribution >= 4 is 5.97 Å². The molecule has 0 saturated heterocycles. The van der Waals surface area contributed by atoms with Gasteiger partial charge in [0.05, 0.1) is 0 Å². The predicted molar refractivity (Wildman–Crippen MR) is 84.0 cm³/mol.